The van der Waals surface area contributed by atoms with Gasteiger partial charge in [0.05, 0.1) is 25.1 Å². The molecule has 0 unspecified atom stereocenters. The van der Waals surface area contributed by atoms with E-state index in [1.54, 1.807) is 12.1 Å². The second-order valence-corrected chi connectivity index (χ2v) is 6.76. The van der Waals surface area contributed by atoms with Crippen molar-refractivity contribution in [2.45, 2.75) is 26.2 Å². The van der Waals surface area contributed by atoms with E-state index in [-0.39, 0.29) is 28.7 Å². The van der Waals surface area contributed by atoms with Gasteiger partial charge in [0.25, 0.3) is 11.6 Å². The second kappa shape index (κ2) is 6.92. The molecule has 3 rings (SSSR count). The van der Waals surface area contributed by atoms with E-state index in [0.29, 0.717) is 17.1 Å². The van der Waals surface area contributed by atoms with E-state index < -0.39 is 0 Å². The molecule has 9 nitrogen and oxygen atoms in total. The smallest absolute Gasteiger partial charge is 0.265 e. The predicted octanol–water partition coefficient (Wildman–Crippen LogP) is 4.57. The number of para-hydroxylation sites is 1. The third-order valence-electron chi connectivity index (χ3n) is 3.79. The minimum Gasteiger partial charge on any atom is -0.492 e. The maximum absolute atomic E-state index is 10.5. The summed E-state index contributed by atoms with van der Waals surface area (Å²) in [5.74, 6) is 0.102. The Kier molecular flexibility index (Phi) is 4.64. The number of H-pyrrole nitrogens is 1. The van der Waals surface area contributed by atoms with Gasteiger partial charge in [-0.2, -0.15) is 9.78 Å². The largest absolute Gasteiger partial charge is 0.492 e. The number of ether oxygens (including phenoxy) is 1. The lowest BCUT2D eigenvalue weighted by Crippen LogP contribution is -2.11. The number of aromatic nitrogens is 4. The highest BCUT2D eigenvalue weighted by Gasteiger charge is 2.25. The number of azo groups is 1. The number of nitrogens with one attached hydrogen (secondary N) is 1. The maximum Gasteiger partial charge on any atom is 0.265 e. The molecular weight excluding hydrogens is 346 g/mol. The number of methoxy groups -OCH3 is 1. The van der Waals surface area contributed by atoms with Gasteiger partial charge >= 0.3 is 0 Å². The first-order chi connectivity index (χ1) is 12.9. The van der Waals surface area contributed by atoms with Gasteiger partial charge in [-0.1, -0.05) is 39.0 Å². The molecular formula is C18H19N7O2. The van der Waals surface area contributed by atoms with Gasteiger partial charge in [-0.25, -0.2) is 4.85 Å². The molecule has 2 aromatic heterocycles. The van der Waals surface area contributed by atoms with Crippen molar-refractivity contribution in [2.75, 3.05) is 7.11 Å². The fourth-order valence-corrected chi connectivity index (χ4v) is 2.48. The lowest BCUT2D eigenvalue weighted by atomic mass is 9.91. The number of nitrogens with zero attached hydrogens (tertiary/aromatic N) is 6. The molecule has 0 aliphatic rings. The summed E-state index contributed by atoms with van der Waals surface area (Å²) in [6.07, 6.45) is 0. The van der Waals surface area contributed by atoms with Gasteiger partial charge in [-0.05, 0) is 17.5 Å². The normalized spacial score (nSPS) is 11.7. The monoisotopic (exact) mass is 365 g/mol. The van der Waals surface area contributed by atoms with Crippen LogP contribution in [-0.2, 0) is 5.41 Å². The Bertz CT molecular complexity index is 1020. The van der Waals surface area contributed by atoms with Crippen LogP contribution in [0, 0.1) is 6.57 Å². The zero-order chi connectivity index (χ0) is 19.6. The van der Waals surface area contributed by atoms with Crippen molar-refractivity contribution >= 4 is 17.2 Å². The highest BCUT2D eigenvalue weighted by atomic mass is 16.5. The molecule has 0 spiro atoms. The zero-order valence-electron chi connectivity index (χ0n) is 15.4. The highest BCUT2D eigenvalue weighted by molar-refractivity contribution is 5.67. The average molecular weight is 365 g/mol. The topological polar surface area (TPSA) is 105 Å². The fourth-order valence-electron chi connectivity index (χ4n) is 2.48. The maximum atomic E-state index is 10.5. The molecule has 0 radical (unpaired) electrons. The third-order valence-corrected chi connectivity index (χ3v) is 3.79. The van der Waals surface area contributed by atoms with Crippen LogP contribution in [0.25, 0.3) is 10.5 Å². The van der Waals surface area contributed by atoms with Gasteiger partial charge in [0.2, 0.25) is 11.6 Å². The Morgan fingerprint density at radius 1 is 1.22 bits per heavy atom. The first-order valence-corrected chi connectivity index (χ1v) is 8.16. The Morgan fingerprint density at radius 3 is 2.52 bits per heavy atom. The number of hydrogen-bond acceptors (Lipinski definition) is 6. The quantitative estimate of drug-likeness (QED) is 0.522. The highest BCUT2D eigenvalue weighted by Crippen LogP contribution is 2.41. The van der Waals surface area contributed by atoms with Crippen LogP contribution in [-0.4, -0.2) is 32.2 Å². The lowest BCUT2D eigenvalue weighted by Gasteiger charge is -2.15. The van der Waals surface area contributed by atoms with Crippen LogP contribution in [0.2, 0.25) is 0 Å². The van der Waals surface area contributed by atoms with E-state index in [0.717, 1.165) is 0 Å². The second-order valence-electron chi connectivity index (χ2n) is 6.76. The molecule has 1 aromatic carbocycles. The molecule has 0 amide bonds. The summed E-state index contributed by atoms with van der Waals surface area (Å²) >= 11 is 0. The van der Waals surface area contributed by atoms with Crippen molar-refractivity contribution in [2.24, 2.45) is 10.2 Å². The molecule has 27 heavy (non-hydrogen) atoms. The van der Waals surface area contributed by atoms with Crippen molar-refractivity contribution in [1.82, 2.24) is 20.0 Å². The lowest BCUT2D eigenvalue weighted by molar-refractivity contribution is 0.394. The summed E-state index contributed by atoms with van der Waals surface area (Å²) in [5, 5.41) is 29.7. The van der Waals surface area contributed by atoms with Gasteiger partial charge in [0.1, 0.15) is 0 Å². The van der Waals surface area contributed by atoms with Crippen molar-refractivity contribution in [3.63, 3.8) is 0 Å². The van der Waals surface area contributed by atoms with E-state index >= 15 is 0 Å². The summed E-state index contributed by atoms with van der Waals surface area (Å²) in [6, 6.07) is 9.08. The van der Waals surface area contributed by atoms with E-state index in [9.17, 15) is 5.11 Å². The van der Waals surface area contributed by atoms with Gasteiger partial charge in [-0.3, -0.25) is 5.10 Å². The zero-order valence-corrected chi connectivity index (χ0v) is 15.4. The molecule has 0 aliphatic heterocycles. The molecule has 0 atom stereocenters. The number of rotatable bonds is 4. The molecule has 138 valence electrons. The number of aromatic hydroxyl groups is 1. The van der Waals surface area contributed by atoms with Gasteiger partial charge in [0, 0.05) is 0 Å². The Labute approximate surface area is 156 Å². The summed E-state index contributed by atoms with van der Waals surface area (Å²) in [4.78, 5) is 3.51. The molecule has 0 fully saturated rings. The van der Waals surface area contributed by atoms with Crippen LogP contribution in [0.3, 0.4) is 0 Å². The molecule has 3 aromatic rings. The number of benzene rings is 1. The molecule has 0 bridgehead atoms. The molecule has 0 saturated carbocycles. The van der Waals surface area contributed by atoms with Crippen LogP contribution in [0.15, 0.2) is 40.6 Å². The first kappa shape index (κ1) is 18.1. The van der Waals surface area contributed by atoms with E-state index in [4.69, 9.17) is 11.3 Å². The molecule has 2 N–H and O–H groups in total. The summed E-state index contributed by atoms with van der Waals surface area (Å²) in [5.41, 5.74) is 1.28. The Balaban J connectivity index is 2.03. The fraction of sp³-hybridized carbons (Fsp3) is 0.278. The van der Waals surface area contributed by atoms with E-state index in [2.05, 4.69) is 30.4 Å². The average Bonchev–Trinajstić information content (AvgIpc) is 3.21. The van der Waals surface area contributed by atoms with Crippen LogP contribution in [0.1, 0.15) is 26.5 Å². The third kappa shape index (κ3) is 3.37. The summed E-state index contributed by atoms with van der Waals surface area (Å²) < 4.78 is 6.50. The van der Waals surface area contributed by atoms with Crippen molar-refractivity contribution in [3.8, 4) is 17.4 Å². The van der Waals surface area contributed by atoms with Crippen LogP contribution in [0.4, 0.5) is 17.2 Å². The minimum atomic E-state index is -0.317. The summed E-state index contributed by atoms with van der Waals surface area (Å²) in [6.45, 7) is 13.3. The van der Waals surface area contributed by atoms with Gasteiger partial charge in [-0.15, -0.1) is 15.3 Å². The molecule has 0 aliphatic carbocycles. The Morgan fingerprint density at radius 2 is 1.93 bits per heavy atom. The molecule has 2 heterocycles. The number of hydrogen-bond donors (Lipinski definition) is 2. The van der Waals surface area contributed by atoms with Crippen LogP contribution < -0.4 is 4.74 Å². The van der Waals surface area contributed by atoms with E-state index in [1.165, 1.54) is 11.8 Å². The van der Waals surface area contributed by atoms with Crippen molar-refractivity contribution in [1.29, 1.82) is 0 Å². The van der Waals surface area contributed by atoms with E-state index in [1.807, 2.05) is 39.0 Å². The van der Waals surface area contributed by atoms with Crippen molar-refractivity contribution < 1.29 is 9.84 Å². The van der Waals surface area contributed by atoms with Crippen molar-refractivity contribution in [3.05, 3.63) is 47.4 Å². The van der Waals surface area contributed by atoms with Crippen LogP contribution in [0.5, 0.6) is 11.8 Å². The van der Waals surface area contributed by atoms with Gasteiger partial charge < -0.3 is 9.84 Å². The van der Waals surface area contributed by atoms with Crippen LogP contribution >= 0.6 is 0 Å². The number of aromatic amines is 1. The SMILES string of the molecule is [C-]#[N+]c1c(C(C)(C)C)n[nH]c1/N=N/c1c(OC)nn(-c2ccccc2)c1O. The Hall–Kier alpha value is -3.67. The predicted molar refractivity (Wildman–Crippen MR) is 99.5 cm³/mol. The molecule has 9 heteroatoms. The summed E-state index contributed by atoms with van der Waals surface area (Å²) in [7, 11) is 1.43. The standard InChI is InChI=1S/C18H19N7O2/c1-18(2,3)14-12(19-4)15(23-21-14)22-20-13-16(27-5)24-25(17(13)26)11-9-7-6-8-10-11/h6-10,26H,1-3,5H3,(H,21,23)/b22-20+. The first-order valence-electron chi connectivity index (χ1n) is 8.16. The minimum absolute atomic E-state index is 0.0594. The van der Waals surface area contributed by atoms with Gasteiger partial charge in [0.15, 0.2) is 5.82 Å². The molecule has 0 saturated heterocycles.